The Kier molecular flexibility index (Phi) is 4.19. The molecule has 0 radical (unpaired) electrons. The van der Waals surface area contributed by atoms with Crippen molar-refractivity contribution in [3.8, 4) is 0 Å². The topological polar surface area (TPSA) is 93.1 Å². The Morgan fingerprint density at radius 1 is 1.06 bits per heavy atom. The molecule has 6 heteroatoms. The maximum atomic E-state index is 11.0. The van der Waals surface area contributed by atoms with Crippen molar-refractivity contribution in [1.29, 1.82) is 0 Å². The summed E-state index contributed by atoms with van der Waals surface area (Å²) in [5.41, 5.74) is -0.310. The molecule has 0 saturated carbocycles. The lowest BCUT2D eigenvalue weighted by molar-refractivity contribution is -0.106. The second kappa shape index (κ2) is 5.42. The van der Waals surface area contributed by atoms with E-state index in [1.165, 1.54) is 32.4 Å². The van der Waals surface area contributed by atoms with Gasteiger partial charge in [-0.25, -0.2) is 9.59 Å². The molecule has 0 unspecified atom stereocenters. The van der Waals surface area contributed by atoms with Crippen LogP contribution in [0.3, 0.4) is 0 Å². The summed E-state index contributed by atoms with van der Waals surface area (Å²) in [6.07, 6.45) is -1.03. The van der Waals surface area contributed by atoms with Crippen LogP contribution in [0, 0.1) is 0 Å². The van der Waals surface area contributed by atoms with Gasteiger partial charge in [0.15, 0.2) is 6.29 Å². The third kappa shape index (κ3) is 2.61. The van der Waals surface area contributed by atoms with Gasteiger partial charge in [0.05, 0.1) is 11.1 Å². The second-order valence-corrected chi connectivity index (χ2v) is 3.18. The Labute approximate surface area is 97.4 Å². The van der Waals surface area contributed by atoms with Crippen LogP contribution in [0.1, 0.15) is 32.6 Å². The fourth-order valence-corrected chi connectivity index (χ4v) is 1.52. The van der Waals surface area contributed by atoms with Crippen LogP contribution >= 0.6 is 0 Å². The molecule has 17 heavy (non-hydrogen) atoms. The normalized spacial score (nSPS) is 10.5. The zero-order valence-corrected chi connectivity index (χ0v) is 9.34. The number of carboxylic acids is 2. The molecular weight excluding hydrogens is 228 g/mol. The van der Waals surface area contributed by atoms with E-state index in [1.807, 2.05) is 0 Å². The Morgan fingerprint density at radius 2 is 1.47 bits per heavy atom. The largest absolute Gasteiger partial charge is 0.478 e. The molecule has 0 spiro atoms. The molecule has 2 N–H and O–H groups in total. The summed E-state index contributed by atoms with van der Waals surface area (Å²) in [7, 11) is 2.61. The van der Waals surface area contributed by atoms with Crippen molar-refractivity contribution in [1.82, 2.24) is 0 Å². The van der Waals surface area contributed by atoms with E-state index in [9.17, 15) is 9.59 Å². The van der Waals surface area contributed by atoms with Crippen molar-refractivity contribution in [2.75, 3.05) is 14.2 Å². The SMILES string of the molecule is COC(OC)c1c(C(=O)O)cccc1C(=O)O. The molecule has 1 aromatic rings. The number of aromatic carboxylic acids is 2. The van der Waals surface area contributed by atoms with Gasteiger partial charge in [0.25, 0.3) is 0 Å². The maximum absolute atomic E-state index is 11.0. The zero-order valence-electron chi connectivity index (χ0n) is 9.34. The van der Waals surface area contributed by atoms with Crippen molar-refractivity contribution < 1.29 is 29.3 Å². The molecular formula is C11H12O6. The number of rotatable bonds is 5. The lowest BCUT2D eigenvalue weighted by Gasteiger charge is -2.18. The molecule has 0 bridgehead atoms. The lowest BCUT2D eigenvalue weighted by atomic mass is 10.0. The smallest absolute Gasteiger partial charge is 0.336 e. The highest BCUT2D eigenvalue weighted by Crippen LogP contribution is 2.26. The fourth-order valence-electron chi connectivity index (χ4n) is 1.52. The molecule has 1 aromatic carbocycles. The molecule has 6 nitrogen and oxygen atoms in total. The van der Waals surface area contributed by atoms with Gasteiger partial charge in [-0.3, -0.25) is 0 Å². The van der Waals surface area contributed by atoms with Crippen LogP contribution in [-0.4, -0.2) is 36.4 Å². The number of methoxy groups -OCH3 is 2. The van der Waals surface area contributed by atoms with Crippen molar-refractivity contribution in [3.05, 3.63) is 34.9 Å². The fraction of sp³-hybridized carbons (Fsp3) is 0.273. The number of carbonyl (C=O) groups is 2. The summed E-state index contributed by atoms with van der Waals surface area (Å²) in [4.78, 5) is 22.1. The number of ether oxygens (including phenoxy) is 2. The van der Waals surface area contributed by atoms with E-state index >= 15 is 0 Å². The van der Waals surface area contributed by atoms with Crippen LogP contribution in [-0.2, 0) is 9.47 Å². The van der Waals surface area contributed by atoms with E-state index < -0.39 is 18.2 Å². The monoisotopic (exact) mass is 240 g/mol. The molecule has 0 amide bonds. The number of hydrogen-bond donors (Lipinski definition) is 2. The highest BCUT2D eigenvalue weighted by atomic mass is 16.7. The van der Waals surface area contributed by atoms with Crippen LogP contribution in [0.5, 0.6) is 0 Å². The van der Waals surface area contributed by atoms with E-state index in [4.69, 9.17) is 19.7 Å². The minimum atomic E-state index is -1.23. The van der Waals surface area contributed by atoms with Crippen LogP contribution in [0.25, 0.3) is 0 Å². The third-order valence-electron chi connectivity index (χ3n) is 2.23. The summed E-state index contributed by atoms with van der Waals surface area (Å²) >= 11 is 0. The summed E-state index contributed by atoms with van der Waals surface area (Å²) in [5, 5.41) is 18.0. The summed E-state index contributed by atoms with van der Waals surface area (Å²) in [6, 6.07) is 3.96. The number of benzene rings is 1. The first kappa shape index (κ1) is 13.1. The Balaban J connectivity index is 3.48. The average molecular weight is 240 g/mol. The van der Waals surface area contributed by atoms with E-state index in [0.717, 1.165) is 0 Å². The number of hydrogen-bond acceptors (Lipinski definition) is 4. The summed E-state index contributed by atoms with van der Waals surface area (Å²) in [6.45, 7) is 0. The molecule has 92 valence electrons. The van der Waals surface area contributed by atoms with Gasteiger partial charge >= 0.3 is 11.9 Å². The maximum Gasteiger partial charge on any atom is 0.336 e. The zero-order chi connectivity index (χ0) is 13.0. The highest BCUT2D eigenvalue weighted by molar-refractivity contribution is 5.96. The van der Waals surface area contributed by atoms with E-state index in [0.29, 0.717) is 0 Å². The molecule has 0 heterocycles. The molecule has 0 aliphatic heterocycles. The highest BCUT2D eigenvalue weighted by Gasteiger charge is 2.25. The molecule has 0 aromatic heterocycles. The van der Waals surface area contributed by atoms with Gasteiger partial charge in [-0.15, -0.1) is 0 Å². The molecule has 0 atom stereocenters. The van der Waals surface area contributed by atoms with Gasteiger partial charge in [0, 0.05) is 19.8 Å². The van der Waals surface area contributed by atoms with Gasteiger partial charge in [-0.1, -0.05) is 6.07 Å². The van der Waals surface area contributed by atoms with Crippen molar-refractivity contribution in [3.63, 3.8) is 0 Å². The Hall–Kier alpha value is -1.92. The summed E-state index contributed by atoms with van der Waals surface area (Å²) < 4.78 is 9.84. The molecule has 0 saturated heterocycles. The standard InChI is InChI=1S/C11H12O6/c1-16-11(17-2)8-6(9(12)13)4-3-5-7(8)10(14)15/h3-5,11H,1-2H3,(H,12,13)(H,14,15). The molecule has 0 aliphatic rings. The second-order valence-electron chi connectivity index (χ2n) is 3.18. The Bertz CT molecular complexity index is 403. The first-order valence-electron chi connectivity index (χ1n) is 4.68. The van der Waals surface area contributed by atoms with Crippen LogP contribution in [0.4, 0.5) is 0 Å². The minimum Gasteiger partial charge on any atom is -0.478 e. The lowest BCUT2D eigenvalue weighted by Crippen LogP contribution is -2.16. The van der Waals surface area contributed by atoms with Gasteiger partial charge < -0.3 is 19.7 Å². The molecule has 1 rings (SSSR count). The number of carboxylic acid groups (broad SMARTS) is 2. The van der Waals surface area contributed by atoms with Crippen molar-refractivity contribution >= 4 is 11.9 Å². The van der Waals surface area contributed by atoms with Crippen LogP contribution < -0.4 is 0 Å². The van der Waals surface area contributed by atoms with Crippen molar-refractivity contribution in [2.24, 2.45) is 0 Å². The van der Waals surface area contributed by atoms with E-state index in [1.54, 1.807) is 0 Å². The van der Waals surface area contributed by atoms with E-state index in [2.05, 4.69) is 0 Å². The van der Waals surface area contributed by atoms with Gasteiger partial charge in [0.1, 0.15) is 0 Å². The predicted molar refractivity (Wildman–Crippen MR) is 57.1 cm³/mol. The van der Waals surface area contributed by atoms with Crippen molar-refractivity contribution in [2.45, 2.75) is 6.29 Å². The minimum absolute atomic E-state index is 0.00231. The average Bonchev–Trinajstić information content (AvgIpc) is 2.30. The van der Waals surface area contributed by atoms with Gasteiger partial charge in [0.2, 0.25) is 0 Å². The van der Waals surface area contributed by atoms with Crippen LogP contribution in [0.15, 0.2) is 18.2 Å². The van der Waals surface area contributed by atoms with E-state index in [-0.39, 0.29) is 16.7 Å². The van der Waals surface area contributed by atoms with Gasteiger partial charge in [-0.2, -0.15) is 0 Å². The quantitative estimate of drug-likeness (QED) is 0.755. The third-order valence-corrected chi connectivity index (χ3v) is 2.23. The van der Waals surface area contributed by atoms with Crippen LogP contribution in [0.2, 0.25) is 0 Å². The first-order chi connectivity index (χ1) is 8.02. The molecule has 0 fully saturated rings. The molecule has 0 aliphatic carbocycles. The first-order valence-corrected chi connectivity index (χ1v) is 4.68. The summed E-state index contributed by atoms with van der Waals surface area (Å²) in [5.74, 6) is -2.47. The van der Waals surface area contributed by atoms with Gasteiger partial charge in [-0.05, 0) is 12.1 Å². The Morgan fingerprint density at radius 3 is 1.76 bits per heavy atom. The predicted octanol–water partition coefficient (Wildman–Crippen LogP) is 1.37.